The van der Waals surface area contributed by atoms with Crippen molar-refractivity contribution >= 4 is 28.2 Å². The molecule has 0 N–H and O–H groups in total. The molecule has 1 saturated heterocycles. The number of thioether (sulfide) groups is 1. The summed E-state index contributed by atoms with van der Waals surface area (Å²) in [6, 6.07) is 0.331. The van der Waals surface area contributed by atoms with Crippen molar-refractivity contribution in [3.63, 3.8) is 0 Å². The molecule has 0 radical (unpaired) electrons. The van der Waals surface area contributed by atoms with E-state index >= 15 is 0 Å². The second kappa shape index (κ2) is 5.06. The van der Waals surface area contributed by atoms with E-state index in [4.69, 9.17) is 0 Å². The van der Waals surface area contributed by atoms with Crippen molar-refractivity contribution in [2.45, 2.75) is 25.1 Å². The molecule has 17 heavy (non-hydrogen) atoms. The summed E-state index contributed by atoms with van der Waals surface area (Å²) < 4.78 is 37.4. The Morgan fingerprint density at radius 2 is 2.35 bits per heavy atom. The Morgan fingerprint density at radius 1 is 1.59 bits per heavy atom. The van der Waals surface area contributed by atoms with E-state index in [2.05, 4.69) is 4.98 Å². The molecule has 2 rings (SSSR count). The van der Waals surface area contributed by atoms with Gasteiger partial charge in [-0.2, -0.15) is 24.9 Å². The van der Waals surface area contributed by atoms with Gasteiger partial charge in [-0.05, 0) is 19.1 Å². The van der Waals surface area contributed by atoms with Crippen LogP contribution in [0, 0.1) is 0 Å². The highest BCUT2D eigenvalue weighted by Gasteiger charge is 2.35. The summed E-state index contributed by atoms with van der Waals surface area (Å²) in [5.74, 6) is 0.945. The van der Waals surface area contributed by atoms with Crippen molar-refractivity contribution in [3.05, 3.63) is 11.1 Å². The number of hydrogen-bond donors (Lipinski definition) is 0. The van der Waals surface area contributed by atoms with Crippen molar-refractivity contribution < 1.29 is 13.2 Å². The summed E-state index contributed by atoms with van der Waals surface area (Å²) in [5, 5.41) is 1.61. The van der Waals surface area contributed by atoms with Crippen LogP contribution in [-0.4, -0.2) is 29.6 Å². The Morgan fingerprint density at radius 3 is 2.94 bits per heavy atom. The molecule has 2 heterocycles. The number of nitrogens with zero attached hydrogens (tertiary/aromatic N) is 2. The normalized spacial score (nSPS) is 21.2. The molecule has 1 atom stereocenters. The molecule has 96 valence electrons. The Balaban J connectivity index is 2.14. The zero-order chi connectivity index (χ0) is 12.5. The largest absolute Gasteiger partial charge is 0.434 e. The van der Waals surface area contributed by atoms with E-state index in [0.29, 0.717) is 11.2 Å². The molecular weight excluding hydrogens is 269 g/mol. The van der Waals surface area contributed by atoms with Crippen molar-refractivity contribution in [1.82, 2.24) is 4.98 Å². The number of alkyl halides is 3. The molecule has 0 aromatic carbocycles. The van der Waals surface area contributed by atoms with E-state index in [1.807, 2.05) is 11.2 Å². The van der Waals surface area contributed by atoms with Crippen LogP contribution in [0.3, 0.4) is 0 Å². The Kier molecular flexibility index (Phi) is 3.87. The SMILES string of the molecule is CSCC1CCCN1c1nc(C(F)(F)F)cs1. The van der Waals surface area contributed by atoms with E-state index in [9.17, 15) is 13.2 Å². The maximum atomic E-state index is 12.5. The molecule has 1 aliphatic rings. The molecule has 0 spiro atoms. The monoisotopic (exact) mass is 282 g/mol. The minimum absolute atomic E-state index is 0.331. The van der Waals surface area contributed by atoms with Crippen LogP contribution in [-0.2, 0) is 6.18 Å². The molecule has 1 aromatic rings. The fraction of sp³-hybridized carbons (Fsp3) is 0.700. The van der Waals surface area contributed by atoms with Gasteiger partial charge in [-0.3, -0.25) is 0 Å². The molecule has 7 heteroatoms. The van der Waals surface area contributed by atoms with Gasteiger partial charge in [0.1, 0.15) is 0 Å². The topological polar surface area (TPSA) is 16.1 Å². The molecule has 1 aliphatic heterocycles. The molecule has 2 nitrogen and oxygen atoms in total. The highest BCUT2D eigenvalue weighted by Crippen LogP contribution is 2.35. The maximum absolute atomic E-state index is 12.5. The Hall–Kier alpha value is -0.430. The third-order valence-corrected chi connectivity index (χ3v) is 4.36. The van der Waals surface area contributed by atoms with Gasteiger partial charge < -0.3 is 4.90 Å². The van der Waals surface area contributed by atoms with Gasteiger partial charge in [-0.15, -0.1) is 11.3 Å². The molecule has 1 fully saturated rings. The maximum Gasteiger partial charge on any atom is 0.434 e. The fourth-order valence-electron chi connectivity index (χ4n) is 1.98. The van der Waals surface area contributed by atoms with Crippen LogP contribution in [0.5, 0.6) is 0 Å². The first-order valence-corrected chi connectivity index (χ1v) is 7.58. The summed E-state index contributed by atoms with van der Waals surface area (Å²) in [6.07, 6.45) is -0.239. The molecule has 0 aliphatic carbocycles. The fourth-order valence-corrected chi connectivity index (χ4v) is 3.64. The predicted octanol–water partition coefficient (Wildman–Crippen LogP) is 3.49. The van der Waals surface area contributed by atoms with Gasteiger partial charge in [0.15, 0.2) is 10.8 Å². The summed E-state index contributed by atoms with van der Waals surface area (Å²) in [6.45, 7) is 0.816. The minimum atomic E-state index is -4.33. The Labute approximate surface area is 106 Å². The van der Waals surface area contributed by atoms with Crippen LogP contribution in [0.25, 0.3) is 0 Å². The van der Waals surface area contributed by atoms with Gasteiger partial charge >= 0.3 is 6.18 Å². The van der Waals surface area contributed by atoms with E-state index in [0.717, 1.165) is 41.9 Å². The van der Waals surface area contributed by atoms with Gasteiger partial charge in [0.05, 0.1) is 0 Å². The number of thiazole rings is 1. The summed E-state index contributed by atoms with van der Waals surface area (Å²) in [5.41, 5.74) is -0.771. The van der Waals surface area contributed by atoms with Gasteiger partial charge in [-0.1, -0.05) is 0 Å². The molecule has 1 aromatic heterocycles. The zero-order valence-electron chi connectivity index (χ0n) is 9.33. The van der Waals surface area contributed by atoms with Crippen LogP contribution in [0.15, 0.2) is 5.38 Å². The predicted molar refractivity (Wildman–Crippen MR) is 65.9 cm³/mol. The standard InChI is InChI=1S/C10H13F3N2S2/c1-16-5-7-3-2-4-15(7)9-14-8(6-17-9)10(11,12)13/h6-7H,2-5H2,1H3. The average molecular weight is 282 g/mol. The number of anilines is 1. The lowest BCUT2D eigenvalue weighted by Gasteiger charge is -2.23. The van der Waals surface area contributed by atoms with Crippen LogP contribution in [0.1, 0.15) is 18.5 Å². The molecular formula is C10H13F3N2S2. The highest BCUT2D eigenvalue weighted by atomic mass is 32.2. The first kappa shape index (κ1) is 13.0. The summed E-state index contributed by atoms with van der Waals surface area (Å²) in [4.78, 5) is 5.72. The van der Waals surface area contributed by atoms with E-state index in [-0.39, 0.29) is 0 Å². The number of aromatic nitrogens is 1. The number of rotatable bonds is 3. The first-order valence-electron chi connectivity index (χ1n) is 5.30. The average Bonchev–Trinajstić information content (AvgIpc) is 2.82. The first-order chi connectivity index (χ1) is 8.02. The van der Waals surface area contributed by atoms with E-state index in [1.165, 1.54) is 0 Å². The minimum Gasteiger partial charge on any atom is -0.344 e. The van der Waals surface area contributed by atoms with Crippen LogP contribution < -0.4 is 4.90 Å². The second-order valence-corrected chi connectivity index (χ2v) is 5.71. The van der Waals surface area contributed by atoms with Gasteiger partial charge in [0, 0.05) is 23.7 Å². The highest BCUT2D eigenvalue weighted by molar-refractivity contribution is 7.98. The zero-order valence-corrected chi connectivity index (χ0v) is 11.0. The van der Waals surface area contributed by atoms with Crippen molar-refractivity contribution in [2.75, 3.05) is 23.5 Å². The molecule has 0 bridgehead atoms. The van der Waals surface area contributed by atoms with Crippen molar-refractivity contribution in [1.29, 1.82) is 0 Å². The van der Waals surface area contributed by atoms with Crippen LogP contribution in [0.4, 0.5) is 18.3 Å². The molecule has 0 saturated carbocycles. The lowest BCUT2D eigenvalue weighted by Crippen LogP contribution is -2.31. The van der Waals surface area contributed by atoms with Crippen LogP contribution >= 0.6 is 23.1 Å². The number of hydrogen-bond acceptors (Lipinski definition) is 4. The second-order valence-electron chi connectivity index (χ2n) is 3.96. The van der Waals surface area contributed by atoms with E-state index in [1.54, 1.807) is 11.8 Å². The summed E-state index contributed by atoms with van der Waals surface area (Å²) in [7, 11) is 0. The third-order valence-electron chi connectivity index (χ3n) is 2.76. The number of halogens is 3. The van der Waals surface area contributed by atoms with Crippen molar-refractivity contribution in [2.24, 2.45) is 0 Å². The van der Waals surface area contributed by atoms with Crippen molar-refractivity contribution in [3.8, 4) is 0 Å². The lowest BCUT2D eigenvalue weighted by atomic mass is 10.2. The van der Waals surface area contributed by atoms with Gasteiger partial charge in [-0.25, -0.2) is 4.98 Å². The smallest absolute Gasteiger partial charge is 0.344 e. The Bertz CT molecular complexity index is 378. The van der Waals surface area contributed by atoms with Gasteiger partial charge in [0.2, 0.25) is 0 Å². The summed E-state index contributed by atoms with van der Waals surface area (Å²) >= 11 is 2.81. The lowest BCUT2D eigenvalue weighted by molar-refractivity contribution is -0.140. The van der Waals surface area contributed by atoms with E-state index < -0.39 is 11.9 Å². The quantitative estimate of drug-likeness (QED) is 0.844. The third kappa shape index (κ3) is 2.88. The van der Waals surface area contributed by atoms with Gasteiger partial charge in [0.25, 0.3) is 0 Å². The molecule has 1 unspecified atom stereocenters. The molecule has 0 amide bonds. The van der Waals surface area contributed by atoms with Crippen LogP contribution in [0.2, 0.25) is 0 Å².